The number of nitrogens with one attached hydrogen (secondary N) is 2. The zero-order chi connectivity index (χ0) is 14.4. The Bertz CT molecular complexity index is 539. The van der Waals surface area contributed by atoms with E-state index in [-0.39, 0.29) is 0 Å². The van der Waals surface area contributed by atoms with Crippen molar-refractivity contribution in [3.63, 3.8) is 0 Å². The number of fused-ring (bicyclic) bond motifs is 1. The van der Waals surface area contributed by atoms with Crippen LogP contribution in [-0.4, -0.2) is 66.7 Å². The molecule has 0 unspecified atom stereocenters. The lowest BCUT2D eigenvalue weighted by Crippen LogP contribution is -2.20. The molecule has 20 heavy (non-hydrogen) atoms. The standard InChI is InChI=1S/C13H22N6O/c1-14-11-10-19-6-4-16-13(19)12(17-11)15-5-8-20-9-7-18(2)3/h4,6,10,14H,5,7-9H2,1-3H3,(H,15,17). The van der Waals surface area contributed by atoms with E-state index < -0.39 is 0 Å². The van der Waals surface area contributed by atoms with Crippen molar-refractivity contribution in [2.45, 2.75) is 0 Å². The molecule has 0 saturated heterocycles. The normalized spacial score (nSPS) is 11.2. The van der Waals surface area contributed by atoms with Crippen LogP contribution in [0.3, 0.4) is 0 Å². The maximum atomic E-state index is 5.54. The second kappa shape index (κ2) is 7.06. The highest BCUT2D eigenvalue weighted by molar-refractivity contribution is 5.65. The third-order valence-corrected chi connectivity index (χ3v) is 2.85. The van der Waals surface area contributed by atoms with Gasteiger partial charge >= 0.3 is 0 Å². The number of hydrogen-bond acceptors (Lipinski definition) is 6. The molecule has 0 fully saturated rings. The smallest absolute Gasteiger partial charge is 0.180 e. The zero-order valence-electron chi connectivity index (χ0n) is 12.3. The molecule has 2 rings (SSSR count). The average Bonchev–Trinajstić information content (AvgIpc) is 2.90. The molecule has 0 spiro atoms. The van der Waals surface area contributed by atoms with E-state index in [9.17, 15) is 0 Å². The first-order valence-corrected chi connectivity index (χ1v) is 6.68. The van der Waals surface area contributed by atoms with E-state index in [0.29, 0.717) is 13.2 Å². The van der Waals surface area contributed by atoms with E-state index in [1.54, 1.807) is 6.20 Å². The Hall–Kier alpha value is -1.86. The highest BCUT2D eigenvalue weighted by Crippen LogP contribution is 2.15. The summed E-state index contributed by atoms with van der Waals surface area (Å²) >= 11 is 0. The number of rotatable bonds is 8. The fourth-order valence-electron chi connectivity index (χ4n) is 1.76. The minimum absolute atomic E-state index is 0.645. The summed E-state index contributed by atoms with van der Waals surface area (Å²) in [7, 11) is 5.91. The summed E-state index contributed by atoms with van der Waals surface area (Å²) in [6.45, 7) is 3.01. The topological polar surface area (TPSA) is 66.7 Å². The number of nitrogens with zero attached hydrogens (tertiary/aromatic N) is 4. The Kier molecular flexibility index (Phi) is 5.14. The van der Waals surface area contributed by atoms with Crippen LogP contribution in [-0.2, 0) is 4.74 Å². The molecule has 7 nitrogen and oxygen atoms in total. The molecule has 2 heterocycles. The monoisotopic (exact) mass is 278 g/mol. The lowest BCUT2D eigenvalue weighted by molar-refractivity contribution is 0.126. The van der Waals surface area contributed by atoms with Crippen LogP contribution in [0.4, 0.5) is 11.6 Å². The number of aromatic nitrogens is 3. The number of ether oxygens (including phenoxy) is 1. The molecular formula is C13H22N6O. The van der Waals surface area contributed by atoms with Gasteiger partial charge in [-0.3, -0.25) is 0 Å². The largest absolute Gasteiger partial charge is 0.378 e. The molecule has 2 N–H and O–H groups in total. The third-order valence-electron chi connectivity index (χ3n) is 2.85. The van der Waals surface area contributed by atoms with Crippen LogP contribution in [0.25, 0.3) is 5.65 Å². The second-order valence-electron chi connectivity index (χ2n) is 4.73. The molecule has 0 radical (unpaired) electrons. The van der Waals surface area contributed by atoms with Crippen LogP contribution < -0.4 is 10.6 Å². The molecule has 0 aliphatic rings. The van der Waals surface area contributed by atoms with Crippen molar-refractivity contribution in [1.82, 2.24) is 19.3 Å². The Morgan fingerprint density at radius 2 is 2.20 bits per heavy atom. The average molecular weight is 278 g/mol. The maximum Gasteiger partial charge on any atom is 0.180 e. The highest BCUT2D eigenvalue weighted by atomic mass is 16.5. The van der Waals surface area contributed by atoms with Gasteiger partial charge in [0.25, 0.3) is 0 Å². The lowest BCUT2D eigenvalue weighted by Gasteiger charge is -2.11. The van der Waals surface area contributed by atoms with Gasteiger partial charge in [0.2, 0.25) is 0 Å². The van der Waals surface area contributed by atoms with Gasteiger partial charge in [-0.05, 0) is 14.1 Å². The molecule has 0 aliphatic carbocycles. The first-order chi connectivity index (χ1) is 9.70. The summed E-state index contributed by atoms with van der Waals surface area (Å²) in [5, 5.41) is 6.30. The van der Waals surface area contributed by atoms with E-state index in [1.165, 1.54) is 0 Å². The molecule has 0 saturated carbocycles. The molecule has 2 aromatic rings. The molecule has 0 bridgehead atoms. The Morgan fingerprint density at radius 3 is 2.95 bits per heavy atom. The van der Waals surface area contributed by atoms with Crippen LogP contribution in [0.2, 0.25) is 0 Å². The Labute approximate surface area is 119 Å². The molecule has 0 atom stereocenters. The van der Waals surface area contributed by atoms with Crippen molar-refractivity contribution in [3.05, 3.63) is 18.6 Å². The third kappa shape index (κ3) is 3.82. The fraction of sp³-hybridized carbons (Fsp3) is 0.538. The Balaban J connectivity index is 1.87. The fourth-order valence-corrected chi connectivity index (χ4v) is 1.76. The predicted octanol–water partition coefficient (Wildman–Crippen LogP) is 0.761. The van der Waals surface area contributed by atoms with Crippen molar-refractivity contribution in [1.29, 1.82) is 0 Å². The number of anilines is 2. The predicted molar refractivity (Wildman–Crippen MR) is 80.4 cm³/mol. The van der Waals surface area contributed by atoms with Gasteiger partial charge < -0.3 is 24.7 Å². The van der Waals surface area contributed by atoms with Crippen LogP contribution >= 0.6 is 0 Å². The van der Waals surface area contributed by atoms with Crippen molar-refractivity contribution in [3.8, 4) is 0 Å². The van der Waals surface area contributed by atoms with Gasteiger partial charge in [-0.2, -0.15) is 0 Å². The van der Waals surface area contributed by atoms with Gasteiger partial charge in [-0.25, -0.2) is 9.97 Å². The molecule has 2 aromatic heterocycles. The van der Waals surface area contributed by atoms with E-state index in [0.717, 1.165) is 30.4 Å². The quantitative estimate of drug-likeness (QED) is 0.695. The van der Waals surface area contributed by atoms with Crippen LogP contribution in [0.1, 0.15) is 0 Å². The summed E-state index contributed by atoms with van der Waals surface area (Å²) in [6.07, 6.45) is 5.56. The van der Waals surface area contributed by atoms with Crippen LogP contribution in [0, 0.1) is 0 Å². The lowest BCUT2D eigenvalue weighted by atomic mass is 10.5. The molecule has 7 heteroatoms. The van der Waals surface area contributed by atoms with Crippen molar-refractivity contribution in [2.24, 2.45) is 0 Å². The molecule has 110 valence electrons. The maximum absolute atomic E-state index is 5.54. The molecule has 0 aromatic carbocycles. The van der Waals surface area contributed by atoms with Gasteiger partial charge in [0.05, 0.1) is 19.4 Å². The zero-order valence-corrected chi connectivity index (χ0v) is 12.3. The summed E-state index contributed by atoms with van der Waals surface area (Å²) in [5.74, 6) is 1.56. The van der Waals surface area contributed by atoms with Gasteiger partial charge in [0.1, 0.15) is 5.82 Å². The van der Waals surface area contributed by atoms with E-state index in [1.807, 2.05) is 37.9 Å². The number of imidazole rings is 1. The Morgan fingerprint density at radius 1 is 1.35 bits per heavy atom. The molecular weight excluding hydrogens is 256 g/mol. The van der Waals surface area contributed by atoms with Crippen molar-refractivity contribution in [2.75, 3.05) is 58.1 Å². The second-order valence-corrected chi connectivity index (χ2v) is 4.73. The minimum Gasteiger partial charge on any atom is -0.378 e. The SMILES string of the molecule is CNc1cn2ccnc2c(NCCOCCN(C)C)n1. The van der Waals surface area contributed by atoms with Crippen molar-refractivity contribution >= 4 is 17.3 Å². The van der Waals surface area contributed by atoms with Crippen LogP contribution in [0.5, 0.6) is 0 Å². The molecule has 0 aliphatic heterocycles. The van der Waals surface area contributed by atoms with Gasteiger partial charge in [0, 0.05) is 32.5 Å². The first kappa shape index (κ1) is 14.5. The van der Waals surface area contributed by atoms with Crippen LogP contribution in [0.15, 0.2) is 18.6 Å². The summed E-state index contributed by atoms with van der Waals surface area (Å²) in [5.41, 5.74) is 0.817. The van der Waals surface area contributed by atoms with E-state index >= 15 is 0 Å². The highest BCUT2D eigenvalue weighted by Gasteiger charge is 2.06. The van der Waals surface area contributed by atoms with E-state index in [4.69, 9.17) is 4.74 Å². The summed E-state index contributed by atoms with van der Waals surface area (Å²) in [6, 6.07) is 0. The number of likely N-dealkylation sites (N-methyl/N-ethyl adjacent to an activating group) is 1. The van der Waals surface area contributed by atoms with Gasteiger partial charge in [0.15, 0.2) is 11.5 Å². The van der Waals surface area contributed by atoms with Gasteiger partial charge in [-0.1, -0.05) is 0 Å². The minimum atomic E-state index is 0.645. The van der Waals surface area contributed by atoms with Gasteiger partial charge in [-0.15, -0.1) is 0 Å². The summed E-state index contributed by atoms with van der Waals surface area (Å²) < 4.78 is 7.48. The molecule has 0 amide bonds. The van der Waals surface area contributed by atoms with E-state index in [2.05, 4.69) is 25.5 Å². The first-order valence-electron chi connectivity index (χ1n) is 6.68. The van der Waals surface area contributed by atoms with Crippen molar-refractivity contribution < 1.29 is 4.74 Å². The number of hydrogen-bond donors (Lipinski definition) is 2. The summed E-state index contributed by atoms with van der Waals surface area (Å²) in [4.78, 5) is 10.9.